The van der Waals surface area contributed by atoms with Gasteiger partial charge in [-0.15, -0.1) is 11.3 Å². The first-order valence-corrected chi connectivity index (χ1v) is 11.7. The number of thiophene rings is 1. The first-order chi connectivity index (χ1) is 13.0. The van der Waals surface area contributed by atoms with Crippen LogP contribution in [0.4, 0.5) is 0 Å². The van der Waals surface area contributed by atoms with E-state index < -0.39 is 0 Å². The van der Waals surface area contributed by atoms with Crippen LogP contribution in [0.2, 0.25) is 0 Å². The van der Waals surface area contributed by atoms with Crippen molar-refractivity contribution in [2.45, 2.75) is 70.1 Å². The fourth-order valence-corrected chi connectivity index (χ4v) is 6.31. The van der Waals surface area contributed by atoms with Crippen molar-refractivity contribution in [2.24, 2.45) is 11.8 Å². The molecular formula is C20H26N2O3S2. The molecule has 2 heterocycles. The van der Waals surface area contributed by atoms with Crippen molar-refractivity contribution in [2.75, 3.05) is 5.75 Å². The Morgan fingerprint density at radius 1 is 1.30 bits per heavy atom. The molecule has 0 bridgehead atoms. The van der Waals surface area contributed by atoms with E-state index in [0.717, 1.165) is 48.7 Å². The van der Waals surface area contributed by atoms with Gasteiger partial charge in [0, 0.05) is 4.88 Å². The molecule has 0 aromatic carbocycles. The Kier molecular flexibility index (Phi) is 5.60. The van der Waals surface area contributed by atoms with Gasteiger partial charge in [-0.3, -0.25) is 9.59 Å². The van der Waals surface area contributed by atoms with E-state index in [0.29, 0.717) is 17.0 Å². The minimum absolute atomic E-state index is 0.0438. The number of fused-ring (bicyclic) bond motifs is 3. The highest BCUT2D eigenvalue weighted by Gasteiger charge is 2.24. The maximum atomic E-state index is 12.6. The molecule has 2 aromatic rings. The van der Waals surface area contributed by atoms with Crippen LogP contribution in [-0.4, -0.2) is 27.8 Å². The van der Waals surface area contributed by atoms with Crippen LogP contribution in [0.15, 0.2) is 9.95 Å². The van der Waals surface area contributed by atoms with Gasteiger partial charge in [0.15, 0.2) is 5.16 Å². The van der Waals surface area contributed by atoms with Crippen LogP contribution in [-0.2, 0) is 22.4 Å². The number of H-pyrrole nitrogens is 1. The van der Waals surface area contributed by atoms with E-state index in [2.05, 4.69) is 23.8 Å². The number of carbonyl (C=O) groups excluding carboxylic acids is 1. The van der Waals surface area contributed by atoms with Crippen LogP contribution < -0.4 is 5.56 Å². The highest BCUT2D eigenvalue weighted by Crippen LogP contribution is 2.36. The number of ether oxygens (including phenoxy) is 1. The molecule has 2 aliphatic carbocycles. The summed E-state index contributed by atoms with van der Waals surface area (Å²) < 4.78 is 5.60. The number of hydrogen-bond acceptors (Lipinski definition) is 6. The first-order valence-electron chi connectivity index (χ1n) is 9.86. The van der Waals surface area contributed by atoms with Crippen molar-refractivity contribution >= 4 is 39.3 Å². The summed E-state index contributed by atoms with van der Waals surface area (Å²) in [7, 11) is 0. The predicted octanol–water partition coefficient (Wildman–Crippen LogP) is 4.32. The molecule has 2 aliphatic rings. The van der Waals surface area contributed by atoms with Crippen LogP contribution in [0, 0.1) is 11.8 Å². The molecule has 4 rings (SSSR count). The van der Waals surface area contributed by atoms with Crippen LogP contribution >= 0.6 is 23.1 Å². The number of nitrogens with one attached hydrogen (secondary N) is 1. The number of carbonyl (C=O) groups is 1. The van der Waals surface area contributed by atoms with E-state index >= 15 is 0 Å². The SMILES string of the molecule is C[C@@H]1CCc2c(sc3nc(SCC(=O)O[C@@H]4CCC[C@H](C)C4)[nH]c(=O)c23)C1. The van der Waals surface area contributed by atoms with Crippen LogP contribution in [0.1, 0.15) is 56.4 Å². The van der Waals surface area contributed by atoms with E-state index in [1.54, 1.807) is 11.3 Å². The zero-order valence-corrected chi connectivity index (χ0v) is 17.5. The lowest BCUT2D eigenvalue weighted by atomic mass is 9.89. The van der Waals surface area contributed by atoms with Gasteiger partial charge in [0.25, 0.3) is 5.56 Å². The molecule has 146 valence electrons. The maximum Gasteiger partial charge on any atom is 0.316 e. The average Bonchev–Trinajstić information content (AvgIpc) is 2.97. The smallest absolute Gasteiger partial charge is 0.316 e. The number of thioether (sulfide) groups is 1. The van der Waals surface area contributed by atoms with Crippen molar-refractivity contribution in [3.8, 4) is 0 Å². The summed E-state index contributed by atoms with van der Waals surface area (Å²) in [4.78, 5) is 34.3. The second-order valence-corrected chi connectivity index (χ2v) is 10.1. The van der Waals surface area contributed by atoms with Gasteiger partial charge in [-0.25, -0.2) is 4.98 Å². The van der Waals surface area contributed by atoms with Gasteiger partial charge in [-0.05, 0) is 55.9 Å². The molecule has 0 amide bonds. The summed E-state index contributed by atoms with van der Waals surface area (Å²) in [5.41, 5.74) is 1.10. The third kappa shape index (κ3) is 4.24. The second-order valence-electron chi connectivity index (χ2n) is 8.08. The highest BCUT2D eigenvalue weighted by atomic mass is 32.2. The molecule has 0 saturated heterocycles. The second kappa shape index (κ2) is 7.95. The number of esters is 1. The third-order valence-electron chi connectivity index (χ3n) is 5.66. The Bertz CT molecular complexity index is 904. The molecule has 0 radical (unpaired) electrons. The molecule has 0 spiro atoms. The largest absolute Gasteiger partial charge is 0.462 e. The van der Waals surface area contributed by atoms with Gasteiger partial charge in [-0.1, -0.05) is 32.0 Å². The van der Waals surface area contributed by atoms with Crippen molar-refractivity contribution < 1.29 is 9.53 Å². The Morgan fingerprint density at radius 2 is 2.15 bits per heavy atom. The standard InChI is InChI=1S/C20H26N2O3S2/c1-11-4-3-5-13(8-11)25-16(23)10-26-20-21-18(24)17-14-7-6-12(2)9-15(14)27-19(17)22-20/h11-13H,3-10H2,1-2H3,(H,21,22,24)/t11-,12+,13+/m0/s1. The summed E-state index contributed by atoms with van der Waals surface area (Å²) in [5, 5.41) is 1.26. The number of nitrogens with zero attached hydrogens (tertiary/aromatic N) is 1. The molecule has 0 aliphatic heterocycles. The summed E-state index contributed by atoms with van der Waals surface area (Å²) in [6.45, 7) is 4.46. The summed E-state index contributed by atoms with van der Waals surface area (Å²) in [6, 6.07) is 0. The van der Waals surface area contributed by atoms with Crippen molar-refractivity contribution in [3.05, 3.63) is 20.8 Å². The van der Waals surface area contributed by atoms with Gasteiger partial charge in [-0.2, -0.15) is 0 Å². The van der Waals surface area contributed by atoms with Crippen molar-refractivity contribution in [1.29, 1.82) is 0 Å². The summed E-state index contributed by atoms with van der Waals surface area (Å²) in [6.07, 6.45) is 7.42. The van der Waals surface area contributed by atoms with Gasteiger partial charge in [0.05, 0.1) is 11.1 Å². The summed E-state index contributed by atoms with van der Waals surface area (Å²) in [5.74, 6) is 1.25. The maximum absolute atomic E-state index is 12.6. The van der Waals surface area contributed by atoms with E-state index in [4.69, 9.17) is 4.74 Å². The van der Waals surface area contributed by atoms with E-state index in [1.165, 1.54) is 28.6 Å². The molecule has 1 fully saturated rings. The number of aromatic nitrogens is 2. The van der Waals surface area contributed by atoms with Crippen molar-refractivity contribution in [3.63, 3.8) is 0 Å². The average molecular weight is 407 g/mol. The van der Waals surface area contributed by atoms with E-state index in [-0.39, 0.29) is 23.4 Å². The van der Waals surface area contributed by atoms with Crippen LogP contribution in [0.25, 0.3) is 10.2 Å². The zero-order chi connectivity index (χ0) is 19.0. The lowest BCUT2D eigenvalue weighted by Gasteiger charge is -2.26. The molecule has 0 unspecified atom stereocenters. The molecule has 1 N–H and O–H groups in total. The quantitative estimate of drug-likeness (QED) is 0.465. The molecular weight excluding hydrogens is 380 g/mol. The number of aromatic amines is 1. The van der Waals surface area contributed by atoms with E-state index in [1.807, 2.05) is 0 Å². The fraction of sp³-hybridized carbons (Fsp3) is 0.650. The Morgan fingerprint density at radius 3 is 2.96 bits per heavy atom. The Balaban J connectivity index is 1.43. The lowest BCUT2D eigenvalue weighted by molar-refractivity contribution is -0.147. The highest BCUT2D eigenvalue weighted by molar-refractivity contribution is 7.99. The topological polar surface area (TPSA) is 72.0 Å². The zero-order valence-electron chi connectivity index (χ0n) is 15.9. The van der Waals surface area contributed by atoms with Gasteiger partial charge < -0.3 is 9.72 Å². The molecule has 27 heavy (non-hydrogen) atoms. The fourth-order valence-electron chi connectivity index (χ4n) is 4.23. The van der Waals surface area contributed by atoms with E-state index in [9.17, 15) is 9.59 Å². The number of hydrogen-bond donors (Lipinski definition) is 1. The van der Waals surface area contributed by atoms with Gasteiger partial charge in [0.2, 0.25) is 0 Å². The van der Waals surface area contributed by atoms with Crippen LogP contribution in [0.5, 0.6) is 0 Å². The Labute approximate surface area is 167 Å². The van der Waals surface area contributed by atoms with Crippen molar-refractivity contribution in [1.82, 2.24) is 9.97 Å². The summed E-state index contributed by atoms with van der Waals surface area (Å²) >= 11 is 2.89. The number of aryl methyl sites for hydroxylation is 1. The predicted molar refractivity (Wildman–Crippen MR) is 110 cm³/mol. The lowest BCUT2D eigenvalue weighted by Crippen LogP contribution is -2.25. The van der Waals surface area contributed by atoms with Gasteiger partial charge in [0.1, 0.15) is 10.9 Å². The number of rotatable bonds is 4. The Hall–Kier alpha value is -1.34. The molecule has 7 heteroatoms. The monoisotopic (exact) mass is 406 g/mol. The van der Waals surface area contributed by atoms with Crippen LogP contribution in [0.3, 0.4) is 0 Å². The minimum Gasteiger partial charge on any atom is -0.462 e. The molecule has 2 aromatic heterocycles. The first kappa shape index (κ1) is 19.0. The normalized spacial score (nSPS) is 25.3. The molecule has 5 nitrogen and oxygen atoms in total. The minimum atomic E-state index is -0.221. The van der Waals surface area contributed by atoms with Gasteiger partial charge >= 0.3 is 5.97 Å². The molecule has 3 atom stereocenters. The molecule has 1 saturated carbocycles. The third-order valence-corrected chi connectivity index (χ3v) is 7.65.